The molecule has 1 aromatic carbocycles. The molecule has 108 valence electrons. The van der Waals surface area contributed by atoms with Crippen LogP contribution in [0.3, 0.4) is 0 Å². The van der Waals surface area contributed by atoms with Crippen molar-refractivity contribution in [3.05, 3.63) is 56.2 Å². The first-order chi connectivity index (χ1) is 9.88. The SMILES string of the molecule is NC(=O)c1ccc(Cl)c(NC(=O)c2cc(Br)cnc2Cl)c1. The van der Waals surface area contributed by atoms with Gasteiger partial charge in [-0.2, -0.15) is 0 Å². The Morgan fingerprint density at radius 1 is 1.24 bits per heavy atom. The lowest BCUT2D eigenvalue weighted by Crippen LogP contribution is -2.15. The standard InChI is InChI=1S/C13H8BrCl2N3O2/c14-7-4-8(11(16)18-5-7)13(21)19-10-3-6(12(17)20)1-2-9(10)15/h1-5H,(H2,17,20)(H,19,21). The molecular weight excluding hydrogens is 381 g/mol. The minimum Gasteiger partial charge on any atom is -0.366 e. The first-order valence-corrected chi connectivity index (χ1v) is 7.15. The lowest BCUT2D eigenvalue weighted by Gasteiger charge is -2.09. The van der Waals surface area contributed by atoms with E-state index < -0.39 is 11.8 Å². The molecule has 0 atom stereocenters. The molecule has 0 aliphatic carbocycles. The molecule has 2 aromatic rings. The van der Waals surface area contributed by atoms with Gasteiger partial charge in [0.15, 0.2) is 0 Å². The molecule has 0 aliphatic rings. The van der Waals surface area contributed by atoms with Crippen molar-refractivity contribution in [3.8, 4) is 0 Å². The van der Waals surface area contributed by atoms with Gasteiger partial charge in [0.2, 0.25) is 5.91 Å². The highest BCUT2D eigenvalue weighted by atomic mass is 79.9. The van der Waals surface area contributed by atoms with E-state index in [0.29, 0.717) is 4.47 Å². The van der Waals surface area contributed by atoms with Crippen LogP contribution in [0.5, 0.6) is 0 Å². The fraction of sp³-hybridized carbons (Fsp3) is 0. The maximum atomic E-state index is 12.2. The quantitative estimate of drug-likeness (QED) is 0.789. The number of nitrogens with one attached hydrogen (secondary N) is 1. The molecule has 2 amide bonds. The molecular formula is C13H8BrCl2N3O2. The van der Waals surface area contributed by atoms with Gasteiger partial charge >= 0.3 is 0 Å². The van der Waals surface area contributed by atoms with Crippen LogP contribution >= 0.6 is 39.1 Å². The van der Waals surface area contributed by atoms with Gasteiger partial charge in [0.05, 0.1) is 16.3 Å². The van der Waals surface area contributed by atoms with E-state index in [1.807, 2.05) is 0 Å². The number of amides is 2. The summed E-state index contributed by atoms with van der Waals surface area (Å²) in [6.45, 7) is 0. The van der Waals surface area contributed by atoms with Crippen LogP contribution < -0.4 is 11.1 Å². The topological polar surface area (TPSA) is 85.1 Å². The molecule has 21 heavy (non-hydrogen) atoms. The van der Waals surface area contributed by atoms with Crippen LogP contribution in [0.2, 0.25) is 10.2 Å². The number of nitrogens with two attached hydrogens (primary N) is 1. The van der Waals surface area contributed by atoms with Crippen LogP contribution in [0.15, 0.2) is 34.9 Å². The van der Waals surface area contributed by atoms with E-state index in [-0.39, 0.29) is 27.0 Å². The largest absolute Gasteiger partial charge is 0.366 e. The molecule has 0 radical (unpaired) electrons. The third-order valence-electron chi connectivity index (χ3n) is 2.55. The third-order valence-corrected chi connectivity index (χ3v) is 3.61. The van der Waals surface area contributed by atoms with Crippen molar-refractivity contribution < 1.29 is 9.59 Å². The van der Waals surface area contributed by atoms with Crippen LogP contribution in [0, 0.1) is 0 Å². The molecule has 0 bridgehead atoms. The Morgan fingerprint density at radius 2 is 1.95 bits per heavy atom. The molecule has 3 N–H and O–H groups in total. The fourth-order valence-corrected chi connectivity index (χ4v) is 2.23. The van der Waals surface area contributed by atoms with Crippen LogP contribution in [-0.4, -0.2) is 16.8 Å². The van der Waals surface area contributed by atoms with Crippen LogP contribution in [-0.2, 0) is 0 Å². The molecule has 1 heterocycles. The molecule has 2 rings (SSSR count). The molecule has 0 aliphatic heterocycles. The Labute approximate surface area is 138 Å². The van der Waals surface area contributed by atoms with E-state index in [4.69, 9.17) is 28.9 Å². The minimum atomic E-state index is -0.621. The van der Waals surface area contributed by atoms with Crippen molar-refractivity contribution in [1.29, 1.82) is 0 Å². The van der Waals surface area contributed by atoms with Gasteiger partial charge in [-0.05, 0) is 40.2 Å². The molecule has 0 spiro atoms. The molecule has 1 aromatic heterocycles. The second-order valence-electron chi connectivity index (χ2n) is 4.00. The van der Waals surface area contributed by atoms with Gasteiger partial charge in [-0.25, -0.2) is 4.98 Å². The predicted molar refractivity (Wildman–Crippen MR) is 84.9 cm³/mol. The molecule has 0 unspecified atom stereocenters. The number of aromatic nitrogens is 1. The van der Waals surface area contributed by atoms with Crippen LogP contribution in [0.25, 0.3) is 0 Å². The second-order valence-corrected chi connectivity index (χ2v) is 5.69. The highest BCUT2D eigenvalue weighted by molar-refractivity contribution is 9.10. The van der Waals surface area contributed by atoms with Gasteiger partial charge in [-0.3, -0.25) is 9.59 Å². The third kappa shape index (κ3) is 3.72. The highest BCUT2D eigenvalue weighted by Gasteiger charge is 2.15. The predicted octanol–water partition coefficient (Wildman–Crippen LogP) is 3.50. The summed E-state index contributed by atoms with van der Waals surface area (Å²) in [4.78, 5) is 27.2. The van der Waals surface area contributed by atoms with E-state index >= 15 is 0 Å². The highest BCUT2D eigenvalue weighted by Crippen LogP contribution is 2.25. The van der Waals surface area contributed by atoms with E-state index in [1.165, 1.54) is 30.5 Å². The summed E-state index contributed by atoms with van der Waals surface area (Å²) in [5.41, 5.74) is 5.85. The summed E-state index contributed by atoms with van der Waals surface area (Å²) >= 11 is 15.1. The lowest BCUT2D eigenvalue weighted by atomic mass is 10.2. The number of primary amides is 1. The van der Waals surface area contributed by atoms with Gasteiger partial charge in [0.25, 0.3) is 5.91 Å². The number of hydrogen-bond acceptors (Lipinski definition) is 3. The van der Waals surface area contributed by atoms with Gasteiger partial charge in [0, 0.05) is 16.2 Å². The minimum absolute atomic E-state index is 0.0536. The lowest BCUT2D eigenvalue weighted by molar-refractivity contribution is 0.0996. The maximum Gasteiger partial charge on any atom is 0.258 e. The number of pyridine rings is 1. The number of anilines is 1. The first kappa shape index (κ1) is 15.8. The first-order valence-electron chi connectivity index (χ1n) is 5.60. The molecule has 5 nitrogen and oxygen atoms in total. The van der Waals surface area contributed by atoms with Gasteiger partial charge in [-0.1, -0.05) is 23.2 Å². The van der Waals surface area contributed by atoms with Gasteiger partial charge < -0.3 is 11.1 Å². The van der Waals surface area contributed by atoms with E-state index in [2.05, 4.69) is 26.2 Å². The van der Waals surface area contributed by atoms with E-state index in [1.54, 1.807) is 0 Å². The number of nitrogens with zero attached hydrogens (tertiary/aromatic N) is 1. The van der Waals surface area contributed by atoms with Gasteiger partial charge in [-0.15, -0.1) is 0 Å². The summed E-state index contributed by atoms with van der Waals surface area (Å²) in [6, 6.07) is 5.85. The number of hydrogen-bond donors (Lipinski definition) is 2. The molecule has 0 saturated carbocycles. The smallest absolute Gasteiger partial charge is 0.258 e. The number of rotatable bonds is 3. The average molecular weight is 389 g/mol. The van der Waals surface area contributed by atoms with E-state index in [9.17, 15) is 9.59 Å². The Kier molecular flexibility index (Phi) is 4.82. The Hall–Kier alpha value is -1.63. The monoisotopic (exact) mass is 387 g/mol. The molecule has 0 saturated heterocycles. The zero-order chi connectivity index (χ0) is 15.6. The molecule has 8 heteroatoms. The second kappa shape index (κ2) is 6.43. The normalized spacial score (nSPS) is 10.2. The zero-order valence-electron chi connectivity index (χ0n) is 10.4. The maximum absolute atomic E-state index is 12.2. The fourth-order valence-electron chi connectivity index (χ4n) is 1.55. The van der Waals surface area contributed by atoms with Crippen LogP contribution in [0.4, 0.5) is 5.69 Å². The summed E-state index contributed by atoms with van der Waals surface area (Å²) in [5, 5.41) is 2.89. The van der Waals surface area contributed by atoms with Crippen molar-refractivity contribution in [2.24, 2.45) is 5.73 Å². The summed E-state index contributed by atoms with van der Waals surface area (Å²) in [5.74, 6) is -1.12. The van der Waals surface area contributed by atoms with Crippen molar-refractivity contribution in [2.45, 2.75) is 0 Å². The van der Waals surface area contributed by atoms with E-state index in [0.717, 1.165) is 0 Å². The Balaban J connectivity index is 2.33. The number of benzene rings is 1. The summed E-state index contributed by atoms with van der Waals surface area (Å²) in [6.07, 6.45) is 1.47. The zero-order valence-corrected chi connectivity index (χ0v) is 13.5. The summed E-state index contributed by atoms with van der Waals surface area (Å²) in [7, 11) is 0. The van der Waals surface area contributed by atoms with Crippen molar-refractivity contribution in [1.82, 2.24) is 4.98 Å². The number of carbonyl (C=O) groups excluding carboxylic acids is 2. The number of carbonyl (C=O) groups is 2. The Bertz CT molecular complexity index is 737. The van der Waals surface area contributed by atoms with Gasteiger partial charge in [0.1, 0.15) is 5.15 Å². The number of halogens is 3. The molecule has 0 fully saturated rings. The summed E-state index contributed by atoms with van der Waals surface area (Å²) < 4.78 is 0.606. The van der Waals surface area contributed by atoms with Crippen molar-refractivity contribution in [3.63, 3.8) is 0 Å². The Morgan fingerprint density at radius 3 is 2.62 bits per heavy atom. The van der Waals surface area contributed by atoms with Crippen LogP contribution in [0.1, 0.15) is 20.7 Å². The van der Waals surface area contributed by atoms with Crippen molar-refractivity contribution in [2.75, 3.05) is 5.32 Å². The van der Waals surface area contributed by atoms with Crippen molar-refractivity contribution >= 4 is 56.6 Å². The average Bonchev–Trinajstić information content (AvgIpc) is 2.43.